The molecule has 1 saturated heterocycles. The molecule has 1 aliphatic heterocycles. The van der Waals surface area contributed by atoms with E-state index in [-0.39, 0.29) is 48.5 Å². The molecular formula is C29H44O8. The molecule has 0 aromatic heterocycles. The molecule has 8 heteroatoms. The van der Waals surface area contributed by atoms with E-state index in [0.717, 1.165) is 0 Å². The predicted molar refractivity (Wildman–Crippen MR) is 134 cm³/mol. The van der Waals surface area contributed by atoms with Crippen LogP contribution in [0.4, 0.5) is 0 Å². The lowest BCUT2D eigenvalue weighted by Gasteiger charge is -2.60. The number of aliphatic hydroxyl groups excluding tert-OH is 3. The quantitative estimate of drug-likeness (QED) is 0.354. The van der Waals surface area contributed by atoms with Crippen molar-refractivity contribution >= 4 is 11.8 Å². The van der Waals surface area contributed by atoms with E-state index in [9.17, 15) is 35.1 Å². The van der Waals surface area contributed by atoms with Crippen LogP contribution in [0.25, 0.3) is 0 Å². The summed E-state index contributed by atoms with van der Waals surface area (Å²) in [5.74, 6) is -1.88. The predicted octanol–water partition coefficient (Wildman–Crippen LogP) is 1.89. The summed E-state index contributed by atoms with van der Waals surface area (Å²) in [6.07, 6.45) is 1.21. The van der Waals surface area contributed by atoms with Crippen LogP contribution in [-0.2, 0) is 14.3 Å². The Bertz CT molecular complexity index is 1010. The molecule has 5 aliphatic rings. The van der Waals surface area contributed by atoms with Crippen LogP contribution in [0.1, 0.15) is 79.6 Å². The number of carbonyl (C=O) groups excluding carboxylic acids is 2. The molecule has 8 nitrogen and oxygen atoms in total. The molecule has 0 unspecified atom stereocenters. The summed E-state index contributed by atoms with van der Waals surface area (Å²) in [6.45, 7) is 9.21. The SMILES string of the molecule is C[C@@H]1OC(=O)[C@H](C)[C@H]1C[C@@H](O)[C@](C)(O)[C@@H]1CC[C@@]2(O)C3=CC(=O)[C@H]4C[C@@H](O)[C@@H](O)C[C@]4(C)[C@@H]3CC[C@]12C. The van der Waals surface area contributed by atoms with E-state index in [2.05, 4.69) is 0 Å². The molecule has 13 atom stereocenters. The number of aliphatic hydroxyl groups is 5. The Morgan fingerprint density at radius 3 is 2.41 bits per heavy atom. The number of cyclic esters (lactones) is 1. The highest BCUT2D eigenvalue weighted by Crippen LogP contribution is 2.68. The second-order valence-corrected chi connectivity index (χ2v) is 13.7. The van der Waals surface area contributed by atoms with Gasteiger partial charge in [-0.1, -0.05) is 20.8 Å². The van der Waals surface area contributed by atoms with Gasteiger partial charge in [-0.15, -0.1) is 0 Å². The van der Waals surface area contributed by atoms with E-state index in [1.807, 2.05) is 20.8 Å². The van der Waals surface area contributed by atoms with Crippen LogP contribution < -0.4 is 0 Å². The van der Waals surface area contributed by atoms with Gasteiger partial charge in [0.05, 0.1) is 35.4 Å². The summed E-state index contributed by atoms with van der Waals surface area (Å²) in [4.78, 5) is 25.4. The third-order valence-electron chi connectivity index (χ3n) is 11.9. The summed E-state index contributed by atoms with van der Waals surface area (Å²) in [5.41, 5.74) is -3.47. The van der Waals surface area contributed by atoms with E-state index < -0.39 is 52.2 Å². The van der Waals surface area contributed by atoms with Crippen molar-refractivity contribution in [1.29, 1.82) is 0 Å². The Morgan fingerprint density at radius 1 is 1.11 bits per heavy atom. The first kappa shape index (κ1) is 27.3. The fraction of sp³-hybridized carbons (Fsp3) is 0.862. The van der Waals surface area contributed by atoms with Crippen molar-refractivity contribution in [2.75, 3.05) is 0 Å². The molecular weight excluding hydrogens is 476 g/mol. The summed E-state index contributed by atoms with van der Waals surface area (Å²) in [7, 11) is 0. The van der Waals surface area contributed by atoms with Crippen molar-refractivity contribution < 1.29 is 39.9 Å². The van der Waals surface area contributed by atoms with Gasteiger partial charge in [0.25, 0.3) is 0 Å². The first-order chi connectivity index (χ1) is 17.1. The van der Waals surface area contributed by atoms with E-state index in [1.54, 1.807) is 19.9 Å². The minimum absolute atomic E-state index is 0.104. The van der Waals surface area contributed by atoms with E-state index >= 15 is 0 Å². The number of fused-ring (bicyclic) bond motifs is 5. The number of hydrogen-bond acceptors (Lipinski definition) is 8. The van der Waals surface area contributed by atoms with Crippen LogP contribution in [0, 0.1) is 40.4 Å². The van der Waals surface area contributed by atoms with Crippen LogP contribution in [-0.4, -0.2) is 72.9 Å². The third-order valence-corrected chi connectivity index (χ3v) is 11.9. The van der Waals surface area contributed by atoms with Crippen LogP contribution in [0.3, 0.4) is 0 Å². The average molecular weight is 521 g/mol. The van der Waals surface area contributed by atoms with Crippen molar-refractivity contribution in [1.82, 2.24) is 0 Å². The van der Waals surface area contributed by atoms with E-state index in [0.29, 0.717) is 37.7 Å². The molecule has 0 aromatic carbocycles. The maximum Gasteiger partial charge on any atom is 0.309 e. The maximum atomic E-state index is 13.3. The van der Waals surface area contributed by atoms with Crippen molar-refractivity contribution in [3.63, 3.8) is 0 Å². The number of esters is 1. The number of ketones is 1. The van der Waals surface area contributed by atoms with Crippen LogP contribution in [0.2, 0.25) is 0 Å². The second kappa shape index (κ2) is 8.59. The molecule has 0 amide bonds. The average Bonchev–Trinajstić information content (AvgIpc) is 3.23. The molecule has 4 fully saturated rings. The van der Waals surface area contributed by atoms with E-state index in [1.165, 1.54) is 0 Å². The highest BCUT2D eigenvalue weighted by atomic mass is 16.6. The maximum absolute atomic E-state index is 13.3. The standard InChI is InChI=1S/C29H44O8/c1-14-16(15(2)37-25(14)34)10-24(33)28(5,35)23-7-9-29(36)18-11-20(30)19-12-21(31)22(32)13-26(19,3)17(18)6-8-27(23,29)4/h11,14-17,19,21-24,31-33,35-36H,6-10,12-13H2,1-5H3/t14-,15+,16-,17-,19-,21-,22+,23-,24-,26-,27-,28-,29-/m1/s1. The fourth-order valence-corrected chi connectivity index (χ4v) is 9.39. The Balaban J connectivity index is 1.44. The van der Waals surface area contributed by atoms with Gasteiger partial charge in [-0.2, -0.15) is 0 Å². The van der Waals surface area contributed by atoms with Crippen molar-refractivity contribution in [3.8, 4) is 0 Å². The summed E-state index contributed by atoms with van der Waals surface area (Å²) in [5, 5.41) is 56.2. The van der Waals surface area contributed by atoms with Gasteiger partial charge in [-0.25, -0.2) is 0 Å². The lowest BCUT2D eigenvalue weighted by Crippen LogP contribution is -2.63. The van der Waals surface area contributed by atoms with E-state index in [4.69, 9.17) is 4.74 Å². The first-order valence-electron chi connectivity index (χ1n) is 14.0. The molecule has 37 heavy (non-hydrogen) atoms. The highest BCUT2D eigenvalue weighted by molar-refractivity contribution is 5.95. The smallest absolute Gasteiger partial charge is 0.309 e. The third kappa shape index (κ3) is 3.65. The van der Waals surface area contributed by atoms with Gasteiger partial charge < -0.3 is 30.3 Å². The zero-order valence-electron chi connectivity index (χ0n) is 22.7. The number of hydrogen-bond donors (Lipinski definition) is 5. The van der Waals surface area contributed by atoms with Gasteiger partial charge in [0.15, 0.2) is 5.78 Å². The van der Waals surface area contributed by atoms with Gasteiger partial charge in [0, 0.05) is 17.3 Å². The van der Waals surface area contributed by atoms with Gasteiger partial charge >= 0.3 is 5.97 Å². The van der Waals surface area contributed by atoms with Gasteiger partial charge in [-0.3, -0.25) is 9.59 Å². The molecule has 5 N–H and O–H groups in total. The van der Waals surface area contributed by atoms with Gasteiger partial charge in [-0.05, 0) is 87.7 Å². The molecule has 0 aromatic rings. The van der Waals surface area contributed by atoms with Crippen molar-refractivity contribution in [2.45, 2.75) is 115 Å². The summed E-state index contributed by atoms with van der Waals surface area (Å²) in [6, 6.07) is 0. The molecule has 208 valence electrons. The molecule has 0 bridgehead atoms. The lowest BCUT2D eigenvalue weighted by molar-refractivity contribution is -0.178. The fourth-order valence-electron chi connectivity index (χ4n) is 9.39. The summed E-state index contributed by atoms with van der Waals surface area (Å²) < 4.78 is 5.34. The Labute approximate surface area is 219 Å². The Kier molecular flexibility index (Phi) is 6.33. The highest BCUT2D eigenvalue weighted by Gasteiger charge is 2.69. The van der Waals surface area contributed by atoms with Crippen LogP contribution in [0.15, 0.2) is 11.6 Å². The molecule has 5 rings (SSSR count). The largest absolute Gasteiger partial charge is 0.462 e. The van der Waals surface area contributed by atoms with Gasteiger partial charge in [0.1, 0.15) is 6.10 Å². The first-order valence-corrected chi connectivity index (χ1v) is 14.0. The monoisotopic (exact) mass is 520 g/mol. The van der Waals surface area contributed by atoms with Crippen LogP contribution in [0.5, 0.6) is 0 Å². The zero-order chi connectivity index (χ0) is 27.3. The molecule has 3 saturated carbocycles. The molecule has 1 heterocycles. The number of rotatable bonds is 4. The normalized spacial score (nSPS) is 51.9. The lowest BCUT2D eigenvalue weighted by atomic mass is 9.45. The van der Waals surface area contributed by atoms with Crippen molar-refractivity contribution in [3.05, 3.63) is 11.6 Å². The van der Waals surface area contributed by atoms with Crippen LogP contribution >= 0.6 is 0 Å². The summed E-state index contributed by atoms with van der Waals surface area (Å²) >= 11 is 0. The van der Waals surface area contributed by atoms with Crippen molar-refractivity contribution in [2.24, 2.45) is 40.4 Å². The molecule has 4 aliphatic carbocycles. The topological polar surface area (TPSA) is 145 Å². The number of allylic oxidation sites excluding steroid dienone is 1. The minimum atomic E-state index is -1.52. The molecule has 0 radical (unpaired) electrons. The Morgan fingerprint density at radius 2 is 1.78 bits per heavy atom. The number of carbonyl (C=O) groups is 2. The molecule has 0 spiro atoms. The number of ether oxygens (including phenoxy) is 1. The van der Waals surface area contributed by atoms with Gasteiger partial charge in [0.2, 0.25) is 0 Å². The zero-order valence-corrected chi connectivity index (χ0v) is 22.7. The minimum Gasteiger partial charge on any atom is -0.462 e. The Hall–Kier alpha value is -1.32. The second-order valence-electron chi connectivity index (χ2n) is 13.7.